The minimum Gasteiger partial charge on any atom is -0.300 e. The van der Waals surface area contributed by atoms with Gasteiger partial charge in [-0.2, -0.15) is 0 Å². The molecule has 0 bridgehead atoms. The van der Waals surface area contributed by atoms with Crippen molar-refractivity contribution < 1.29 is 4.79 Å². The molecule has 0 aliphatic heterocycles. The van der Waals surface area contributed by atoms with Gasteiger partial charge in [-0.15, -0.1) is 31.7 Å². The molecule has 1 aliphatic rings. The average molecular weight is 491 g/mol. The van der Waals surface area contributed by atoms with E-state index < -0.39 is 0 Å². The van der Waals surface area contributed by atoms with Crippen molar-refractivity contribution in [1.29, 1.82) is 0 Å². The van der Waals surface area contributed by atoms with Crippen molar-refractivity contribution in [2.75, 3.05) is 11.1 Å². The van der Waals surface area contributed by atoms with Crippen molar-refractivity contribution in [3.63, 3.8) is 0 Å². The number of anilines is 1. The van der Waals surface area contributed by atoms with Gasteiger partial charge in [0.15, 0.2) is 11.0 Å². The number of amides is 1. The summed E-state index contributed by atoms with van der Waals surface area (Å²) in [5.41, 5.74) is 2.47. The molecule has 0 radical (unpaired) electrons. The lowest BCUT2D eigenvalue weighted by atomic mass is 9.90. The Kier molecular flexibility index (Phi) is 7.63. The summed E-state index contributed by atoms with van der Waals surface area (Å²) >= 11 is 4.67. The molecule has 1 N–H and O–H groups in total. The van der Waals surface area contributed by atoms with E-state index >= 15 is 0 Å². The second-order valence-electron chi connectivity index (χ2n) is 8.42. The van der Waals surface area contributed by atoms with Gasteiger partial charge in [0.05, 0.1) is 5.75 Å². The number of thiophene rings is 1. The fourth-order valence-corrected chi connectivity index (χ4v) is 6.95. The number of nitrogens with one attached hydrogen (secondary N) is 1. The number of thioether (sulfide) groups is 1. The van der Waals surface area contributed by atoms with E-state index in [2.05, 4.69) is 63.4 Å². The van der Waals surface area contributed by atoms with E-state index in [1.54, 1.807) is 11.3 Å². The van der Waals surface area contributed by atoms with Gasteiger partial charge in [-0.3, -0.25) is 14.7 Å². The second-order valence-corrected chi connectivity index (χ2v) is 11.5. The molecule has 0 atom stereocenters. The maximum Gasteiger partial charge on any atom is 0.236 e. The zero-order valence-corrected chi connectivity index (χ0v) is 21.5. The van der Waals surface area contributed by atoms with Crippen LogP contribution in [0.2, 0.25) is 0 Å². The zero-order valence-electron chi connectivity index (χ0n) is 19.1. The second kappa shape index (κ2) is 10.4. The van der Waals surface area contributed by atoms with Crippen LogP contribution in [0.25, 0.3) is 11.4 Å². The minimum absolute atomic E-state index is 0.0955. The van der Waals surface area contributed by atoms with E-state index in [-0.39, 0.29) is 17.7 Å². The van der Waals surface area contributed by atoms with Gasteiger partial charge in [0.25, 0.3) is 0 Å². The fourth-order valence-electron chi connectivity index (χ4n) is 4.22. The Morgan fingerprint density at radius 3 is 2.72 bits per heavy atom. The summed E-state index contributed by atoms with van der Waals surface area (Å²) in [5, 5.41) is 24.9. The summed E-state index contributed by atoms with van der Waals surface area (Å²) in [6.07, 6.45) is 7.14. The molecule has 10 heteroatoms. The summed E-state index contributed by atoms with van der Waals surface area (Å²) in [5.74, 6) is 1.54. The third-order valence-electron chi connectivity index (χ3n) is 5.85. The van der Waals surface area contributed by atoms with Crippen LogP contribution in [-0.4, -0.2) is 36.6 Å². The van der Waals surface area contributed by atoms with E-state index in [0.717, 1.165) is 28.0 Å². The predicted molar refractivity (Wildman–Crippen MR) is 133 cm³/mol. The maximum absolute atomic E-state index is 12.6. The van der Waals surface area contributed by atoms with E-state index in [9.17, 15) is 4.79 Å². The van der Waals surface area contributed by atoms with Gasteiger partial charge in [0, 0.05) is 27.8 Å². The first-order valence-electron chi connectivity index (χ1n) is 11.3. The number of hydrogen-bond donors (Lipinski definition) is 1. The molecule has 172 valence electrons. The fraction of sp³-hybridized carbons (Fsp3) is 0.591. The van der Waals surface area contributed by atoms with E-state index in [1.165, 1.54) is 65.6 Å². The highest BCUT2D eigenvalue weighted by atomic mass is 32.2. The van der Waals surface area contributed by atoms with Crippen LogP contribution in [0.5, 0.6) is 0 Å². The van der Waals surface area contributed by atoms with Crippen LogP contribution in [0.1, 0.15) is 80.3 Å². The van der Waals surface area contributed by atoms with Crippen LogP contribution < -0.4 is 5.32 Å². The van der Waals surface area contributed by atoms with Crippen LogP contribution in [0.4, 0.5) is 5.13 Å². The first-order valence-corrected chi connectivity index (χ1v) is 13.9. The van der Waals surface area contributed by atoms with Crippen LogP contribution in [0, 0.1) is 6.92 Å². The average Bonchev–Trinajstić information content (AvgIpc) is 3.50. The molecule has 0 aromatic carbocycles. The molecule has 7 nitrogen and oxygen atoms in total. The molecule has 4 rings (SSSR count). The summed E-state index contributed by atoms with van der Waals surface area (Å²) in [7, 11) is 0. The highest BCUT2D eigenvalue weighted by Crippen LogP contribution is 2.36. The lowest BCUT2D eigenvalue weighted by molar-refractivity contribution is -0.113. The maximum atomic E-state index is 12.6. The molecule has 3 aromatic heterocycles. The molecule has 0 spiro atoms. The molecular weight excluding hydrogens is 460 g/mol. The third kappa shape index (κ3) is 5.07. The number of aryl methyl sites for hydroxylation is 1. The molecule has 1 amide bonds. The van der Waals surface area contributed by atoms with Crippen molar-refractivity contribution >= 4 is 45.5 Å². The van der Waals surface area contributed by atoms with Crippen molar-refractivity contribution in [2.24, 2.45) is 0 Å². The summed E-state index contributed by atoms with van der Waals surface area (Å²) in [4.78, 5) is 13.9. The van der Waals surface area contributed by atoms with Gasteiger partial charge in [-0.05, 0) is 45.6 Å². The quantitative estimate of drug-likeness (QED) is 0.385. The molecule has 32 heavy (non-hydrogen) atoms. The number of hydrogen-bond acceptors (Lipinski definition) is 8. The normalized spacial score (nSPS) is 14.9. The van der Waals surface area contributed by atoms with Gasteiger partial charge in [-0.25, -0.2) is 0 Å². The molecule has 1 saturated carbocycles. The van der Waals surface area contributed by atoms with Crippen LogP contribution in [-0.2, 0) is 11.2 Å². The molecule has 1 fully saturated rings. The minimum atomic E-state index is -0.0955. The van der Waals surface area contributed by atoms with Crippen molar-refractivity contribution in [3.8, 4) is 11.4 Å². The Bertz CT molecular complexity index is 1060. The Labute approximate surface area is 201 Å². The number of carbonyl (C=O) groups is 1. The first kappa shape index (κ1) is 23.4. The van der Waals surface area contributed by atoms with Gasteiger partial charge in [0.1, 0.15) is 5.01 Å². The lowest BCUT2D eigenvalue weighted by Crippen LogP contribution is -2.15. The predicted octanol–water partition coefficient (Wildman–Crippen LogP) is 6.09. The lowest BCUT2D eigenvalue weighted by Gasteiger charge is -2.18. The van der Waals surface area contributed by atoms with Gasteiger partial charge in [0.2, 0.25) is 11.0 Å². The highest BCUT2D eigenvalue weighted by molar-refractivity contribution is 7.99. The van der Waals surface area contributed by atoms with E-state index in [4.69, 9.17) is 0 Å². The Hall–Kier alpha value is -1.78. The summed E-state index contributed by atoms with van der Waals surface area (Å²) < 4.78 is 2.13. The summed E-state index contributed by atoms with van der Waals surface area (Å²) in [6.45, 7) is 8.56. The van der Waals surface area contributed by atoms with Gasteiger partial charge >= 0.3 is 0 Å². The molecule has 3 heterocycles. The third-order valence-corrected chi connectivity index (χ3v) is 8.75. The number of aromatic nitrogens is 5. The Morgan fingerprint density at radius 1 is 1.22 bits per heavy atom. The number of rotatable bonds is 8. The van der Waals surface area contributed by atoms with Crippen molar-refractivity contribution in [2.45, 2.75) is 83.3 Å². The van der Waals surface area contributed by atoms with E-state index in [0.29, 0.717) is 11.0 Å². The standard InChI is InChI=1S/C22H30N6OS3/c1-5-16-14(4)30-11-17(16)19-24-27-22(28(19)13(2)3)31-12-18(29)23-21-26-25-20(32-21)15-9-7-6-8-10-15/h11,13,15H,5-10,12H2,1-4H3,(H,23,26,29). The Balaban J connectivity index is 1.42. The molecule has 1 aliphatic carbocycles. The molecular formula is C22H30N6OS3. The van der Waals surface area contributed by atoms with Gasteiger partial charge in [-0.1, -0.05) is 49.3 Å². The van der Waals surface area contributed by atoms with Gasteiger partial charge < -0.3 is 0 Å². The largest absolute Gasteiger partial charge is 0.300 e. The van der Waals surface area contributed by atoms with E-state index in [1.807, 2.05) is 0 Å². The molecule has 3 aromatic rings. The smallest absolute Gasteiger partial charge is 0.236 e. The zero-order chi connectivity index (χ0) is 22.7. The molecule has 0 saturated heterocycles. The SMILES string of the molecule is CCc1c(-c2nnc(SCC(=O)Nc3nnc(C4CCCCC4)s3)n2C(C)C)csc1C. The molecule has 0 unspecified atom stereocenters. The van der Waals surface area contributed by atoms with Crippen molar-refractivity contribution in [3.05, 3.63) is 20.8 Å². The topological polar surface area (TPSA) is 85.6 Å². The van der Waals surface area contributed by atoms with Crippen LogP contribution in [0.15, 0.2) is 10.5 Å². The highest BCUT2D eigenvalue weighted by Gasteiger charge is 2.22. The van der Waals surface area contributed by atoms with Crippen LogP contribution in [0.3, 0.4) is 0 Å². The Morgan fingerprint density at radius 2 is 2.00 bits per heavy atom. The number of carbonyl (C=O) groups excluding carboxylic acids is 1. The van der Waals surface area contributed by atoms with Crippen LogP contribution >= 0.6 is 34.4 Å². The summed E-state index contributed by atoms with van der Waals surface area (Å²) in [6, 6.07) is 0.191. The monoisotopic (exact) mass is 490 g/mol. The number of nitrogens with zero attached hydrogens (tertiary/aromatic N) is 5. The van der Waals surface area contributed by atoms with Crippen molar-refractivity contribution in [1.82, 2.24) is 25.0 Å². The first-order chi connectivity index (χ1) is 15.5.